The molecule has 35 heavy (non-hydrogen) atoms. The average Bonchev–Trinajstić information content (AvgIpc) is 2.87. The van der Waals surface area contributed by atoms with Gasteiger partial charge < -0.3 is 14.9 Å². The molecular weight excluding hydrogens is 462 g/mol. The SMILES string of the molecule is COc1cc(/C=C/c2ccc(S(=O)(=O)N(CCO)CCO)cc2)ccc1/C=C/c1ccc(C)cc1. The van der Waals surface area contributed by atoms with Crippen LogP contribution in [0.4, 0.5) is 0 Å². The first-order chi connectivity index (χ1) is 16.9. The third-order valence-electron chi connectivity index (χ3n) is 5.48. The van der Waals surface area contributed by atoms with Crippen molar-refractivity contribution < 1.29 is 23.4 Å². The van der Waals surface area contributed by atoms with Crippen LogP contribution in [0.3, 0.4) is 0 Å². The van der Waals surface area contributed by atoms with Crippen LogP contribution in [0.25, 0.3) is 24.3 Å². The Hall–Kier alpha value is -3.23. The van der Waals surface area contributed by atoms with Crippen LogP contribution < -0.4 is 4.74 Å². The van der Waals surface area contributed by atoms with Gasteiger partial charge in [0.25, 0.3) is 0 Å². The second kappa shape index (κ2) is 12.5. The number of hydrogen-bond donors (Lipinski definition) is 2. The lowest BCUT2D eigenvalue weighted by Crippen LogP contribution is -2.35. The van der Waals surface area contributed by atoms with E-state index in [1.807, 2.05) is 42.5 Å². The molecule has 0 aliphatic rings. The topological polar surface area (TPSA) is 87.1 Å². The molecule has 6 nitrogen and oxygen atoms in total. The minimum Gasteiger partial charge on any atom is -0.496 e. The van der Waals surface area contributed by atoms with Crippen molar-refractivity contribution in [3.05, 3.63) is 94.5 Å². The summed E-state index contributed by atoms with van der Waals surface area (Å²) in [5.74, 6) is 0.754. The molecule has 0 atom stereocenters. The summed E-state index contributed by atoms with van der Waals surface area (Å²) in [6.07, 6.45) is 7.90. The molecule has 0 heterocycles. The summed E-state index contributed by atoms with van der Waals surface area (Å²) >= 11 is 0. The van der Waals surface area contributed by atoms with Crippen molar-refractivity contribution >= 4 is 34.3 Å². The monoisotopic (exact) mass is 493 g/mol. The van der Waals surface area contributed by atoms with Gasteiger partial charge in [-0.2, -0.15) is 4.31 Å². The maximum absolute atomic E-state index is 12.7. The van der Waals surface area contributed by atoms with Crippen LogP contribution >= 0.6 is 0 Å². The number of hydrogen-bond acceptors (Lipinski definition) is 5. The van der Waals surface area contributed by atoms with Gasteiger partial charge in [-0.05, 0) is 41.8 Å². The highest BCUT2D eigenvalue weighted by molar-refractivity contribution is 7.89. The van der Waals surface area contributed by atoms with Crippen LogP contribution in [0.5, 0.6) is 5.75 Å². The molecule has 0 saturated heterocycles. The molecule has 0 aromatic heterocycles. The van der Waals surface area contributed by atoms with E-state index in [0.717, 1.165) is 32.3 Å². The Morgan fingerprint density at radius 2 is 1.29 bits per heavy atom. The van der Waals surface area contributed by atoms with E-state index in [0.29, 0.717) is 0 Å². The van der Waals surface area contributed by atoms with E-state index in [-0.39, 0.29) is 31.2 Å². The van der Waals surface area contributed by atoms with Gasteiger partial charge in [-0.3, -0.25) is 0 Å². The first kappa shape index (κ1) is 26.4. The van der Waals surface area contributed by atoms with Crippen molar-refractivity contribution in [3.8, 4) is 5.75 Å². The zero-order chi connectivity index (χ0) is 25.3. The highest BCUT2D eigenvalue weighted by atomic mass is 32.2. The summed E-state index contributed by atoms with van der Waals surface area (Å²) in [7, 11) is -2.14. The van der Waals surface area contributed by atoms with Crippen LogP contribution in [0.1, 0.15) is 27.8 Å². The average molecular weight is 494 g/mol. The van der Waals surface area contributed by atoms with Crippen LogP contribution in [0, 0.1) is 6.92 Å². The van der Waals surface area contributed by atoms with E-state index in [4.69, 9.17) is 14.9 Å². The lowest BCUT2D eigenvalue weighted by atomic mass is 10.1. The van der Waals surface area contributed by atoms with Crippen LogP contribution in [-0.4, -0.2) is 56.3 Å². The largest absolute Gasteiger partial charge is 0.496 e. The second-order valence-corrected chi connectivity index (χ2v) is 9.94. The lowest BCUT2D eigenvalue weighted by molar-refractivity contribution is 0.217. The fourth-order valence-corrected chi connectivity index (χ4v) is 4.92. The summed E-state index contributed by atoms with van der Waals surface area (Å²) in [6, 6.07) is 20.7. The van der Waals surface area contributed by atoms with E-state index >= 15 is 0 Å². The van der Waals surface area contributed by atoms with E-state index in [9.17, 15) is 8.42 Å². The lowest BCUT2D eigenvalue weighted by Gasteiger charge is -2.20. The predicted octanol–water partition coefficient (Wildman–Crippen LogP) is 4.32. The van der Waals surface area contributed by atoms with E-state index in [2.05, 4.69) is 31.2 Å². The van der Waals surface area contributed by atoms with Crippen molar-refractivity contribution in [1.82, 2.24) is 4.31 Å². The van der Waals surface area contributed by atoms with Crippen molar-refractivity contribution in [2.45, 2.75) is 11.8 Å². The van der Waals surface area contributed by atoms with E-state index in [1.165, 1.54) is 17.7 Å². The summed E-state index contributed by atoms with van der Waals surface area (Å²) in [4.78, 5) is 0.114. The van der Waals surface area contributed by atoms with Crippen molar-refractivity contribution in [2.75, 3.05) is 33.4 Å². The quantitative estimate of drug-likeness (QED) is 0.389. The molecule has 0 fully saturated rings. The molecule has 7 heteroatoms. The molecular formula is C28H31NO5S. The number of aliphatic hydroxyl groups is 2. The maximum atomic E-state index is 12.7. The van der Waals surface area contributed by atoms with Gasteiger partial charge in [0.05, 0.1) is 25.2 Å². The molecule has 3 aromatic rings. The molecule has 0 amide bonds. The molecule has 3 rings (SSSR count). The molecule has 0 spiro atoms. The summed E-state index contributed by atoms with van der Waals surface area (Å²) in [5.41, 5.74) is 5.08. The fourth-order valence-electron chi connectivity index (χ4n) is 3.50. The van der Waals surface area contributed by atoms with Gasteiger partial charge in [-0.15, -0.1) is 0 Å². The molecule has 2 N–H and O–H groups in total. The molecule has 3 aromatic carbocycles. The maximum Gasteiger partial charge on any atom is 0.243 e. The highest BCUT2D eigenvalue weighted by Crippen LogP contribution is 2.24. The minimum atomic E-state index is -3.78. The van der Waals surface area contributed by atoms with Gasteiger partial charge in [0.1, 0.15) is 5.75 Å². The molecule has 0 radical (unpaired) electrons. The Labute approximate surface area is 207 Å². The number of methoxy groups -OCH3 is 1. The predicted molar refractivity (Wildman–Crippen MR) is 141 cm³/mol. The number of rotatable bonds is 11. The second-order valence-electron chi connectivity index (χ2n) is 8.00. The van der Waals surface area contributed by atoms with E-state index in [1.54, 1.807) is 19.2 Å². The number of sulfonamides is 1. The number of benzene rings is 3. The number of ether oxygens (including phenoxy) is 1. The van der Waals surface area contributed by atoms with Crippen molar-refractivity contribution in [1.29, 1.82) is 0 Å². The van der Waals surface area contributed by atoms with Crippen molar-refractivity contribution in [3.63, 3.8) is 0 Å². The van der Waals surface area contributed by atoms with Crippen molar-refractivity contribution in [2.24, 2.45) is 0 Å². The molecule has 0 bridgehead atoms. The first-order valence-electron chi connectivity index (χ1n) is 11.3. The number of aryl methyl sites for hydroxylation is 1. The summed E-state index contributed by atoms with van der Waals surface area (Å²) in [5, 5.41) is 18.3. The number of nitrogens with zero attached hydrogens (tertiary/aromatic N) is 1. The standard InChI is InChI=1S/C28H31NO5S/c1-22-3-5-23(6-4-22)9-13-26-14-10-25(21-28(26)34-2)8-7-24-11-15-27(16-12-24)35(32,33)29(17-19-30)18-20-31/h3-16,21,30-31H,17-20H2,1-2H3/b8-7+,13-9+. The highest BCUT2D eigenvalue weighted by Gasteiger charge is 2.23. The molecule has 0 aliphatic heterocycles. The molecule has 0 aliphatic carbocycles. The van der Waals surface area contributed by atoms with Gasteiger partial charge in [-0.25, -0.2) is 8.42 Å². The normalized spacial score (nSPS) is 12.1. The van der Waals surface area contributed by atoms with Gasteiger partial charge in [0.15, 0.2) is 0 Å². The third kappa shape index (κ3) is 7.13. The zero-order valence-corrected chi connectivity index (χ0v) is 20.8. The first-order valence-corrected chi connectivity index (χ1v) is 12.7. The fraction of sp³-hybridized carbons (Fsp3) is 0.214. The van der Waals surface area contributed by atoms with Crippen LogP contribution in [0.15, 0.2) is 71.6 Å². The Balaban J connectivity index is 1.74. The Morgan fingerprint density at radius 1 is 0.771 bits per heavy atom. The van der Waals surface area contributed by atoms with Gasteiger partial charge in [0.2, 0.25) is 10.0 Å². The van der Waals surface area contributed by atoms with E-state index < -0.39 is 10.0 Å². The smallest absolute Gasteiger partial charge is 0.243 e. The van der Waals surface area contributed by atoms with Crippen LogP contribution in [0.2, 0.25) is 0 Å². The van der Waals surface area contributed by atoms with Gasteiger partial charge in [0, 0.05) is 18.7 Å². The summed E-state index contributed by atoms with van der Waals surface area (Å²) < 4.78 is 32.1. The van der Waals surface area contributed by atoms with Gasteiger partial charge in [-0.1, -0.05) is 78.4 Å². The zero-order valence-electron chi connectivity index (χ0n) is 20.0. The summed E-state index contributed by atoms with van der Waals surface area (Å²) in [6.45, 7) is 1.30. The Kier molecular flexibility index (Phi) is 9.39. The minimum absolute atomic E-state index is 0.0669. The third-order valence-corrected chi connectivity index (χ3v) is 7.39. The number of aliphatic hydroxyl groups excluding tert-OH is 2. The molecule has 0 saturated carbocycles. The molecule has 0 unspecified atom stereocenters. The Bertz CT molecular complexity index is 1260. The molecule has 184 valence electrons. The van der Waals surface area contributed by atoms with Crippen LogP contribution in [-0.2, 0) is 10.0 Å². The van der Waals surface area contributed by atoms with Gasteiger partial charge >= 0.3 is 0 Å². The Morgan fingerprint density at radius 3 is 1.86 bits per heavy atom.